The highest BCUT2D eigenvalue weighted by molar-refractivity contribution is 8.00. The Morgan fingerprint density at radius 2 is 2.00 bits per heavy atom. The first-order valence-corrected chi connectivity index (χ1v) is 9.96. The normalized spacial score (nSPS) is 19.6. The molecule has 1 saturated carbocycles. The summed E-state index contributed by atoms with van der Waals surface area (Å²) in [6.07, 6.45) is 4.96. The highest BCUT2D eigenvalue weighted by atomic mass is 32.2. The second-order valence-corrected chi connectivity index (χ2v) is 8.40. The van der Waals surface area contributed by atoms with Crippen LogP contribution >= 0.6 is 11.8 Å². The summed E-state index contributed by atoms with van der Waals surface area (Å²) >= 11 is 1.44. The van der Waals surface area contributed by atoms with E-state index in [0.717, 1.165) is 19.3 Å². The lowest BCUT2D eigenvalue weighted by atomic mass is 9.99. The molecule has 0 bridgehead atoms. The third-order valence-electron chi connectivity index (χ3n) is 3.81. The minimum atomic E-state index is -3.47. The zero-order chi connectivity index (χ0) is 16.2. The van der Waals surface area contributed by atoms with Crippen LogP contribution in [0.2, 0.25) is 0 Å². The molecule has 0 aliphatic heterocycles. The predicted molar refractivity (Wildman–Crippen MR) is 87.5 cm³/mol. The van der Waals surface area contributed by atoms with Gasteiger partial charge in [0.25, 0.3) is 0 Å². The average molecular weight is 342 g/mol. The topological polar surface area (TPSA) is 67.3 Å². The maximum atomic E-state index is 12.4. The van der Waals surface area contributed by atoms with Gasteiger partial charge in [0.05, 0.1) is 10.3 Å². The molecule has 1 aromatic rings. The molecular formula is C15H22N2O3S2. The zero-order valence-electron chi connectivity index (χ0n) is 13.0. The minimum Gasteiger partial charge on any atom is -0.298 e. The van der Waals surface area contributed by atoms with E-state index in [9.17, 15) is 13.2 Å². The van der Waals surface area contributed by atoms with Gasteiger partial charge < -0.3 is 0 Å². The Balaban J connectivity index is 2.11. The second kappa shape index (κ2) is 7.57. The van der Waals surface area contributed by atoms with Gasteiger partial charge in [-0.1, -0.05) is 32.0 Å². The molecule has 1 aromatic heterocycles. The number of pyridine rings is 1. The standard InChI is InChI=1S/C15H22N2O3S2/c1-3-17(4-2)22(19,20)12-9-10-15(16-11-12)21-14-8-6-5-7-13(14)18/h9-11,14H,3-8H2,1-2H3/t14-/m0/s1. The fraction of sp³-hybridized carbons (Fsp3) is 0.600. The summed E-state index contributed by atoms with van der Waals surface area (Å²) in [5, 5.41) is 0.672. The lowest BCUT2D eigenvalue weighted by Crippen LogP contribution is -2.30. The molecule has 1 aliphatic carbocycles. The van der Waals surface area contributed by atoms with Crippen molar-refractivity contribution in [2.24, 2.45) is 0 Å². The van der Waals surface area contributed by atoms with Gasteiger partial charge in [-0.2, -0.15) is 4.31 Å². The molecule has 0 radical (unpaired) electrons. The molecule has 22 heavy (non-hydrogen) atoms. The molecule has 0 unspecified atom stereocenters. The van der Waals surface area contributed by atoms with Crippen molar-refractivity contribution in [3.05, 3.63) is 18.3 Å². The van der Waals surface area contributed by atoms with Gasteiger partial charge >= 0.3 is 0 Å². The Labute approximate surface area is 136 Å². The number of nitrogens with zero attached hydrogens (tertiary/aromatic N) is 2. The molecule has 1 fully saturated rings. The Kier molecular flexibility index (Phi) is 6.00. The lowest BCUT2D eigenvalue weighted by Gasteiger charge is -2.20. The predicted octanol–water partition coefficient (Wildman–Crippen LogP) is 2.72. The number of aromatic nitrogens is 1. The summed E-state index contributed by atoms with van der Waals surface area (Å²) in [5.41, 5.74) is 0. The van der Waals surface area contributed by atoms with Crippen molar-refractivity contribution in [2.45, 2.75) is 54.7 Å². The van der Waals surface area contributed by atoms with Crippen LogP contribution in [0.1, 0.15) is 39.5 Å². The third-order valence-corrected chi connectivity index (χ3v) is 7.11. The van der Waals surface area contributed by atoms with Gasteiger partial charge in [0.2, 0.25) is 10.0 Å². The second-order valence-electron chi connectivity index (χ2n) is 5.24. The van der Waals surface area contributed by atoms with E-state index in [4.69, 9.17) is 0 Å². The van der Waals surface area contributed by atoms with E-state index in [1.165, 1.54) is 22.3 Å². The SMILES string of the molecule is CCN(CC)S(=O)(=O)c1ccc(S[C@H]2CCCCC2=O)nc1. The van der Waals surface area contributed by atoms with Gasteiger partial charge in [-0.15, -0.1) is 0 Å². The lowest BCUT2D eigenvalue weighted by molar-refractivity contribution is -0.119. The Bertz CT molecular complexity index is 610. The first-order valence-electron chi connectivity index (χ1n) is 7.64. The van der Waals surface area contributed by atoms with Crippen LogP contribution in [0.15, 0.2) is 28.3 Å². The summed E-state index contributed by atoms with van der Waals surface area (Å²) in [6, 6.07) is 3.28. The van der Waals surface area contributed by atoms with E-state index in [1.54, 1.807) is 12.1 Å². The Morgan fingerprint density at radius 3 is 2.55 bits per heavy atom. The molecular weight excluding hydrogens is 320 g/mol. The molecule has 1 atom stereocenters. The smallest absolute Gasteiger partial charge is 0.244 e. The van der Waals surface area contributed by atoms with Gasteiger partial charge in [-0.25, -0.2) is 13.4 Å². The van der Waals surface area contributed by atoms with E-state index < -0.39 is 10.0 Å². The molecule has 0 spiro atoms. The van der Waals surface area contributed by atoms with Gasteiger partial charge in [-0.3, -0.25) is 4.79 Å². The van der Waals surface area contributed by atoms with Gasteiger partial charge in [0.1, 0.15) is 10.7 Å². The van der Waals surface area contributed by atoms with Crippen LogP contribution in [0.4, 0.5) is 0 Å². The Morgan fingerprint density at radius 1 is 1.27 bits per heavy atom. The number of ketones is 1. The van der Waals surface area contributed by atoms with Crippen molar-refractivity contribution in [1.82, 2.24) is 9.29 Å². The molecule has 0 aromatic carbocycles. The third kappa shape index (κ3) is 3.88. The fourth-order valence-electron chi connectivity index (χ4n) is 2.52. The van der Waals surface area contributed by atoms with Crippen LogP contribution in [-0.4, -0.2) is 41.8 Å². The monoisotopic (exact) mass is 342 g/mol. The van der Waals surface area contributed by atoms with Gasteiger partial charge in [0, 0.05) is 25.7 Å². The fourth-order valence-corrected chi connectivity index (χ4v) is 5.01. The van der Waals surface area contributed by atoms with E-state index in [0.29, 0.717) is 24.5 Å². The van der Waals surface area contributed by atoms with Crippen LogP contribution in [0.25, 0.3) is 0 Å². The quantitative estimate of drug-likeness (QED) is 0.795. The number of Topliss-reactive ketones (excluding diaryl/α,β-unsaturated/α-hetero) is 1. The molecule has 7 heteroatoms. The number of hydrogen-bond acceptors (Lipinski definition) is 5. The molecule has 122 valence electrons. The number of sulfonamides is 1. The first-order chi connectivity index (χ1) is 10.5. The highest BCUT2D eigenvalue weighted by Gasteiger charge is 2.25. The molecule has 5 nitrogen and oxygen atoms in total. The van der Waals surface area contributed by atoms with Crippen LogP contribution < -0.4 is 0 Å². The molecule has 0 N–H and O–H groups in total. The summed E-state index contributed by atoms with van der Waals surface area (Å²) in [4.78, 5) is 16.3. The minimum absolute atomic E-state index is 0.0357. The maximum absolute atomic E-state index is 12.4. The van der Waals surface area contributed by atoms with E-state index in [2.05, 4.69) is 4.98 Å². The summed E-state index contributed by atoms with van der Waals surface area (Å²) in [7, 11) is -3.47. The van der Waals surface area contributed by atoms with Crippen molar-refractivity contribution >= 4 is 27.6 Å². The number of hydrogen-bond donors (Lipinski definition) is 0. The Hall–Kier alpha value is -0.920. The zero-order valence-corrected chi connectivity index (χ0v) is 14.6. The van der Waals surface area contributed by atoms with Crippen LogP contribution in [0, 0.1) is 0 Å². The largest absolute Gasteiger partial charge is 0.298 e. The van der Waals surface area contributed by atoms with Crippen molar-refractivity contribution in [1.29, 1.82) is 0 Å². The van der Waals surface area contributed by atoms with Crippen LogP contribution in [-0.2, 0) is 14.8 Å². The van der Waals surface area contributed by atoms with Gasteiger partial charge in [0.15, 0.2) is 0 Å². The first kappa shape index (κ1) is 17.4. The van der Waals surface area contributed by atoms with Crippen molar-refractivity contribution < 1.29 is 13.2 Å². The number of carbonyl (C=O) groups excluding carboxylic acids is 1. The van der Waals surface area contributed by atoms with Crippen molar-refractivity contribution in [3.8, 4) is 0 Å². The molecule has 0 amide bonds. The maximum Gasteiger partial charge on any atom is 0.244 e. The summed E-state index contributed by atoms with van der Waals surface area (Å²) in [6.45, 7) is 4.50. The van der Waals surface area contributed by atoms with Crippen LogP contribution in [0.3, 0.4) is 0 Å². The molecule has 0 saturated heterocycles. The van der Waals surface area contributed by atoms with E-state index in [1.807, 2.05) is 13.8 Å². The van der Waals surface area contributed by atoms with E-state index >= 15 is 0 Å². The average Bonchev–Trinajstić information content (AvgIpc) is 2.51. The van der Waals surface area contributed by atoms with Crippen molar-refractivity contribution in [2.75, 3.05) is 13.1 Å². The summed E-state index contributed by atoms with van der Waals surface area (Å²) in [5.74, 6) is 0.276. The van der Waals surface area contributed by atoms with Crippen LogP contribution in [0.5, 0.6) is 0 Å². The number of rotatable bonds is 6. The molecule has 2 rings (SSSR count). The summed E-state index contributed by atoms with van der Waals surface area (Å²) < 4.78 is 26.1. The van der Waals surface area contributed by atoms with Gasteiger partial charge in [-0.05, 0) is 25.0 Å². The molecule has 1 aliphatic rings. The highest BCUT2D eigenvalue weighted by Crippen LogP contribution is 2.31. The van der Waals surface area contributed by atoms with E-state index in [-0.39, 0.29) is 15.9 Å². The number of thioether (sulfide) groups is 1. The molecule has 1 heterocycles. The van der Waals surface area contributed by atoms with Crippen molar-refractivity contribution in [3.63, 3.8) is 0 Å². The number of carbonyl (C=O) groups is 1.